The molecule has 2 saturated carbocycles. The Hall–Kier alpha value is -3.17. The molecule has 1 unspecified atom stereocenters. The normalized spacial score (nSPS) is 41.5. The standard InChI is InChI=1S/C37H48O9/c1-10-19(3)33(39)45-26-16-27(46-34(40)20(4)11-2)36(7)25(15-28(38)41-9)37(8)29-21(5)23(22-12-13-42-17-22)14-24(29)44-32(37)30-31(36)35(26,6)18-43-30/h10-13,17,23-27,30-32H,14-16,18H2,1-9H3/b19-10+,20-11+/t23-,24-,25-,26-,27+,30-,31?,32-,35-,36+,37-/m1/s1. The van der Waals surface area contributed by atoms with E-state index in [1.807, 2.05) is 6.07 Å². The number of allylic oxidation sites excluding steroid dienone is 3. The quantitative estimate of drug-likeness (QED) is 0.149. The number of esters is 3. The van der Waals surface area contributed by atoms with Gasteiger partial charge in [-0.05, 0) is 64.2 Å². The summed E-state index contributed by atoms with van der Waals surface area (Å²) in [5, 5.41) is 0. The Kier molecular flexibility index (Phi) is 8.20. The zero-order valence-electron chi connectivity index (χ0n) is 28.5. The van der Waals surface area contributed by atoms with Crippen molar-refractivity contribution in [1.29, 1.82) is 0 Å². The monoisotopic (exact) mass is 636 g/mol. The fourth-order valence-corrected chi connectivity index (χ4v) is 10.2. The Labute approximate surface area is 271 Å². The van der Waals surface area contributed by atoms with Crippen LogP contribution in [0.3, 0.4) is 0 Å². The maximum Gasteiger partial charge on any atom is 0.333 e. The van der Waals surface area contributed by atoms with E-state index in [4.69, 9.17) is 28.1 Å². The van der Waals surface area contributed by atoms with Crippen LogP contribution in [0.15, 0.2) is 57.5 Å². The second kappa shape index (κ2) is 11.5. The topological polar surface area (TPSA) is 111 Å². The van der Waals surface area contributed by atoms with Crippen molar-refractivity contribution in [3.63, 3.8) is 0 Å². The molecule has 4 fully saturated rings. The summed E-state index contributed by atoms with van der Waals surface area (Å²) in [5.41, 5.74) is 2.49. The van der Waals surface area contributed by atoms with Crippen LogP contribution in [-0.4, -0.2) is 62.1 Å². The zero-order valence-corrected chi connectivity index (χ0v) is 28.5. The van der Waals surface area contributed by atoms with Gasteiger partial charge in [0.15, 0.2) is 0 Å². The fraction of sp³-hybridized carbons (Fsp3) is 0.649. The minimum absolute atomic E-state index is 0.112. The van der Waals surface area contributed by atoms with Crippen LogP contribution in [0.4, 0.5) is 0 Å². The van der Waals surface area contributed by atoms with Gasteiger partial charge in [-0.15, -0.1) is 0 Å². The molecule has 6 rings (SSSR count). The number of fused-ring (bicyclic) bond motifs is 4. The van der Waals surface area contributed by atoms with E-state index in [2.05, 4.69) is 27.7 Å². The van der Waals surface area contributed by atoms with Crippen molar-refractivity contribution in [3.05, 3.63) is 58.6 Å². The third-order valence-electron chi connectivity index (χ3n) is 12.7. The average Bonchev–Trinajstić information content (AvgIpc) is 3.81. The van der Waals surface area contributed by atoms with Crippen LogP contribution in [0.25, 0.3) is 0 Å². The van der Waals surface area contributed by atoms with Crippen molar-refractivity contribution in [2.75, 3.05) is 13.7 Å². The lowest BCUT2D eigenvalue weighted by atomic mass is 9.40. The molecule has 1 aromatic heterocycles. The molecule has 5 aliphatic rings. The molecular weight excluding hydrogens is 588 g/mol. The van der Waals surface area contributed by atoms with Gasteiger partial charge in [-0.25, -0.2) is 9.59 Å². The lowest BCUT2D eigenvalue weighted by Gasteiger charge is -2.65. The van der Waals surface area contributed by atoms with Gasteiger partial charge in [0.2, 0.25) is 0 Å². The van der Waals surface area contributed by atoms with Crippen molar-refractivity contribution in [1.82, 2.24) is 0 Å². The Balaban J connectivity index is 1.53. The van der Waals surface area contributed by atoms with Gasteiger partial charge in [0.1, 0.15) is 12.2 Å². The SMILES string of the molecule is C/C=C(\C)C(=O)O[C@H]1C[C@@H](OC(=O)/C(C)=C/C)[C@@]2(C)CO[C@@H]3C2[C@@]1(C)[C@@H](CC(=O)OC)[C@]1(C)C2=C(C)[C@H](c4ccoc4)C[C@H]2O[C@H]31. The molecule has 0 bridgehead atoms. The molecule has 0 amide bonds. The molecule has 9 heteroatoms. The summed E-state index contributed by atoms with van der Waals surface area (Å²) >= 11 is 0. The molecule has 3 heterocycles. The molecule has 0 radical (unpaired) electrons. The first kappa shape index (κ1) is 32.8. The first-order valence-corrected chi connectivity index (χ1v) is 16.5. The molecule has 0 N–H and O–H groups in total. The molecule has 46 heavy (non-hydrogen) atoms. The van der Waals surface area contributed by atoms with Gasteiger partial charge in [-0.1, -0.05) is 38.5 Å². The molecule has 0 aromatic carbocycles. The number of carbonyl (C=O) groups excluding carboxylic acids is 3. The lowest BCUT2D eigenvalue weighted by molar-refractivity contribution is -0.251. The second-order valence-electron chi connectivity index (χ2n) is 14.7. The third-order valence-corrected chi connectivity index (χ3v) is 12.7. The summed E-state index contributed by atoms with van der Waals surface area (Å²) in [7, 11) is 1.41. The van der Waals surface area contributed by atoms with E-state index >= 15 is 0 Å². The first-order chi connectivity index (χ1) is 21.8. The number of hydrogen-bond donors (Lipinski definition) is 0. The van der Waals surface area contributed by atoms with Gasteiger partial charge in [-0.3, -0.25) is 4.79 Å². The van der Waals surface area contributed by atoms with Crippen molar-refractivity contribution in [2.24, 2.45) is 28.1 Å². The molecule has 11 atom stereocenters. The first-order valence-electron chi connectivity index (χ1n) is 16.5. The van der Waals surface area contributed by atoms with E-state index in [1.165, 1.54) is 18.3 Å². The molecular formula is C37H48O9. The van der Waals surface area contributed by atoms with Crippen LogP contribution < -0.4 is 0 Å². The van der Waals surface area contributed by atoms with Crippen molar-refractivity contribution < 1.29 is 42.5 Å². The molecule has 1 aromatic rings. The highest BCUT2D eigenvalue weighted by atomic mass is 16.6. The maximum absolute atomic E-state index is 13.5. The van der Waals surface area contributed by atoms with Crippen LogP contribution in [-0.2, 0) is 38.1 Å². The number of methoxy groups -OCH3 is 1. The minimum Gasteiger partial charge on any atom is -0.472 e. The van der Waals surface area contributed by atoms with E-state index in [0.29, 0.717) is 17.8 Å². The van der Waals surface area contributed by atoms with E-state index in [1.54, 1.807) is 52.4 Å². The minimum atomic E-state index is -0.767. The van der Waals surface area contributed by atoms with E-state index < -0.39 is 40.4 Å². The number of carbonyl (C=O) groups is 3. The fourth-order valence-electron chi connectivity index (χ4n) is 10.2. The largest absolute Gasteiger partial charge is 0.472 e. The van der Waals surface area contributed by atoms with Crippen molar-refractivity contribution in [2.45, 2.75) is 111 Å². The Morgan fingerprint density at radius 1 is 1.00 bits per heavy atom. The lowest BCUT2D eigenvalue weighted by Crippen LogP contribution is -2.71. The van der Waals surface area contributed by atoms with Gasteiger partial charge < -0.3 is 28.1 Å². The molecule has 0 spiro atoms. The molecule has 2 aliphatic heterocycles. The van der Waals surface area contributed by atoms with Gasteiger partial charge in [-0.2, -0.15) is 0 Å². The van der Waals surface area contributed by atoms with Gasteiger partial charge >= 0.3 is 17.9 Å². The number of rotatable bonds is 7. The molecule has 2 saturated heterocycles. The van der Waals surface area contributed by atoms with E-state index in [9.17, 15) is 14.4 Å². The summed E-state index contributed by atoms with van der Waals surface area (Å²) in [6, 6.07) is 2.00. The van der Waals surface area contributed by atoms with Crippen molar-refractivity contribution >= 4 is 17.9 Å². The zero-order chi connectivity index (χ0) is 33.3. The number of ether oxygens (including phenoxy) is 5. The van der Waals surface area contributed by atoms with Crippen LogP contribution in [0.5, 0.6) is 0 Å². The highest BCUT2D eigenvalue weighted by Gasteiger charge is 2.78. The highest BCUT2D eigenvalue weighted by Crippen LogP contribution is 2.74. The smallest absolute Gasteiger partial charge is 0.333 e. The molecule has 250 valence electrons. The third kappa shape index (κ3) is 4.51. The van der Waals surface area contributed by atoms with Crippen molar-refractivity contribution in [3.8, 4) is 0 Å². The predicted molar refractivity (Wildman–Crippen MR) is 168 cm³/mol. The summed E-state index contributed by atoms with van der Waals surface area (Å²) in [4.78, 5) is 40.1. The van der Waals surface area contributed by atoms with Crippen LogP contribution >= 0.6 is 0 Å². The highest BCUT2D eigenvalue weighted by molar-refractivity contribution is 5.88. The Bertz CT molecular complexity index is 1500. The second-order valence-corrected chi connectivity index (χ2v) is 14.7. The van der Waals surface area contributed by atoms with Gasteiger partial charge in [0.25, 0.3) is 0 Å². The maximum atomic E-state index is 13.5. The van der Waals surface area contributed by atoms with E-state index in [-0.39, 0.29) is 54.9 Å². The molecule has 9 nitrogen and oxygen atoms in total. The van der Waals surface area contributed by atoms with Crippen LogP contribution in [0.1, 0.15) is 86.1 Å². The Morgan fingerprint density at radius 2 is 1.65 bits per heavy atom. The summed E-state index contributed by atoms with van der Waals surface area (Å²) in [5.74, 6) is -1.62. The van der Waals surface area contributed by atoms with Gasteiger partial charge in [0.05, 0.1) is 44.6 Å². The molecule has 3 aliphatic carbocycles. The summed E-state index contributed by atoms with van der Waals surface area (Å²) in [6.07, 6.45) is 5.95. The van der Waals surface area contributed by atoms with Gasteiger partial charge in [0, 0.05) is 52.1 Å². The number of hydrogen-bond acceptors (Lipinski definition) is 9. The predicted octanol–water partition coefficient (Wildman–Crippen LogP) is 6.24. The average molecular weight is 637 g/mol. The number of furan rings is 1. The van der Waals surface area contributed by atoms with E-state index in [0.717, 1.165) is 12.0 Å². The summed E-state index contributed by atoms with van der Waals surface area (Å²) < 4.78 is 37.3. The van der Waals surface area contributed by atoms with Crippen LogP contribution in [0.2, 0.25) is 0 Å². The van der Waals surface area contributed by atoms with Crippen LogP contribution in [0, 0.1) is 28.1 Å². The summed E-state index contributed by atoms with van der Waals surface area (Å²) in [6.45, 7) is 16.0. The Morgan fingerprint density at radius 3 is 2.24 bits per heavy atom.